The number of benzene rings is 1. The van der Waals surface area contributed by atoms with Gasteiger partial charge >= 0.3 is 5.63 Å². The molecule has 0 aliphatic heterocycles. The van der Waals surface area contributed by atoms with Crippen LogP contribution in [-0.2, 0) is 6.54 Å². The van der Waals surface area contributed by atoms with Crippen molar-refractivity contribution in [2.24, 2.45) is 0 Å². The molecule has 6 heteroatoms. The van der Waals surface area contributed by atoms with Crippen LogP contribution in [0.25, 0.3) is 11.0 Å². The summed E-state index contributed by atoms with van der Waals surface area (Å²) in [5, 5.41) is 10.5. The van der Waals surface area contributed by atoms with Crippen LogP contribution in [0.4, 0.5) is 0 Å². The molecule has 0 saturated carbocycles. The zero-order valence-corrected chi connectivity index (χ0v) is 13.5. The molecule has 3 aromatic rings. The molecule has 0 bridgehead atoms. The molecule has 2 aromatic heterocycles. The number of hydrogen-bond donors (Lipinski definition) is 1. The molecule has 1 N–H and O–H groups in total. The Morgan fingerprint density at radius 3 is 2.84 bits per heavy atom. The van der Waals surface area contributed by atoms with Crippen molar-refractivity contribution in [2.75, 3.05) is 6.61 Å². The van der Waals surface area contributed by atoms with Gasteiger partial charge in [0.05, 0.1) is 17.8 Å². The summed E-state index contributed by atoms with van der Waals surface area (Å²) >= 11 is 0. The Morgan fingerprint density at radius 2 is 2.08 bits per heavy atom. The summed E-state index contributed by atoms with van der Waals surface area (Å²) in [6, 6.07) is 8.07. The molecule has 3 rings (SSSR count). The molecule has 0 spiro atoms. The van der Waals surface area contributed by atoms with Crippen LogP contribution in [0, 0.1) is 19.3 Å². The number of terminal acetylenes is 1. The average molecular weight is 337 g/mol. The zero-order valence-electron chi connectivity index (χ0n) is 13.5. The van der Waals surface area contributed by atoms with Gasteiger partial charge in [0, 0.05) is 23.7 Å². The summed E-state index contributed by atoms with van der Waals surface area (Å²) in [7, 11) is 0. The lowest BCUT2D eigenvalue weighted by Gasteiger charge is -2.11. The fourth-order valence-electron chi connectivity index (χ4n) is 2.48. The number of fused-ring (bicyclic) bond motifs is 1. The highest BCUT2D eigenvalue weighted by Gasteiger charge is 2.10. The minimum absolute atomic E-state index is 0.128. The summed E-state index contributed by atoms with van der Waals surface area (Å²) in [4.78, 5) is 23.7. The van der Waals surface area contributed by atoms with E-state index < -0.39 is 11.1 Å². The van der Waals surface area contributed by atoms with E-state index in [1.807, 2.05) is 0 Å². The highest BCUT2D eigenvalue weighted by Crippen LogP contribution is 2.21. The Bertz CT molecular complexity index is 1100. The third-order valence-electron chi connectivity index (χ3n) is 3.86. The first-order valence-corrected chi connectivity index (χ1v) is 7.51. The van der Waals surface area contributed by atoms with E-state index in [1.54, 1.807) is 35.8 Å². The summed E-state index contributed by atoms with van der Waals surface area (Å²) in [5.41, 5.74) is 0.210. The van der Waals surface area contributed by atoms with Crippen LogP contribution in [0.15, 0.2) is 50.5 Å². The first kappa shape index (κ1) is 16.4. The van der Waals surface area contributed by atoms with E-state index in [2.05, 4.69) is 5.92 Å². The molecule has 6 nitrogen and oxygen atoms in total. The molecule has 25 heavy (non-hydrogen) atoms. The predicted octanol–water partition coefficient (Wildman–Crippen LogP) is 2.03. The Morgan fingerprint density at radius 1 is 1.28 bits per heavy atom. The Kier molecular flexibility index (Phi) is 4.31. The number of ether oxygens (including phenoxy) is 1. The molecule has 126 valence electrons. The van der Waals surface area contributed by atoms with Crippen molar-refractivity contribution < 1.29 is 14.3 Å². The van der Waals surface area contributed by atoms with E-state index in [-0.39, 0.29) is 18.9 Å². The first-order valence-electron chi connectivity index (χ1n) is 7.51. The number of aromatic hydroxyl groups is 1. The molecule has 0 atom stereocenters. The highest BCUT2D eigenvalue weighted by molar-refractivity contribution is 5.78. The van der Waals surface area contributed by atoms with Crippen LogP contribution in [-0.4, -0.2) is 16.3 Å². The molecule has 0 amide bonds. The van der Waals surface area contributed by atoms with E-state index in [4.69, 9.17) is 15.6 Å². The van der Waals surface area contributed by atoms with Crippen LogP contribution in [0.3, 0.4) is 0 Å². The molecule has 0 saturated heterocycles. The van der Waals surface area contributed by atoms with Crippen LogP contribution >= 0.6 is 0 Å². The van der Waals surface area contributed by atoms with Gasteiger partial charge in [0.15, 0.2) is 5.75 Å². The highest BCUT2D eigenvalue weighted by atomic mass is 16.5. The van der Waals surface area contributed by atoms with Gasteiger partial charge in [-0.25, -0.2) is 4.79 Å². The quantitative estimate of drug-likeness (QED) is 0.582. The lowest BCUT2D eigenvalue weighted by molar-refractivity contribution is 0.370. The SMILES string of the molecule is C#CCOc1ccc2cc(Cn3ccc(=O)c(O)c3C)c(=O)oc2c1. The smallest absolute Gasteiger partial charge is 0.341 e. The van der Waals surface area contributed by atoms with Crippen LogP contribution in [0.5, 0.6) is 11.5 Å². The molecule has 0 radical (unpaired) electrons. The number of rotatable bonds is 4. The summed E-state index contributed by atoms with van der Waals surface area (Å²) in [5.74, 6) is 2.55. The largest absolute Gasteiger partial charge is 0.503 e. The summed E-state index contributed by atoms with van der Waals surface area (Å²) in [6.07, 6.45) is 6.68. The second kappa shape index (κ2) is 6.57. The standard InChI is InChI=1S/C19H15NO5/c1-3-8-24-15-5-4-13-9-14(19(23)25-17(13)10-15)11-20-7-6-16(21)18(22)12(20)2/h1,4-7,9-10,22H,8,11H2,2H3. The van der Waals surface area contributed by atoms with Crippen molar-refractivity contribution in [3.63, 3.8) is 0 Å². The second-order valence-electron chi connectivity index (χ2n) is 5.49. The van der Waals surface area contributed by atoms with Gasteiger partial charge in [0.25, 0.3) is 0 Å². The Labute approximate surface area is 142 Å². The number of hydrogen-bond acceptors (Lipinski definition) is 5. The second-order valence-corrected chi connectivity index (χ2v) is 5.49. The van der Waals surface area contributed by atoms with Crippen molar-refractivity contribution in [3.05, 3.63) is 68.4 Å². The molecule has 0 fully saturated rings. The lowest BCUT2D eigenvalue weighted by Crippen LogP contribution is -2.15. The van der Waals surface area contributed by atoms with Crippen LogP contribution < -0.4 is 15.8 Å². The number of aromatic nitrogens is 1. The normalized spacial score (nSPS) is 10.6. The monoisotopic (exact) mass is 337 g/mol. The van der Waals surface area contributed by atoms with Crippen molar-refractivity contribution in [2.45, 2.75) is 13.5 Å². The van der Waals surface area contributed by atoms with Crippen LogP contribution in [0.2, 0.25) is 0 Å². The van der Waals surface area contributed by atoms with Crippen molar-refractivity contribution in [1.82, 2.24) is 4.57 Å². The van der Waals surface area contributed by atoms with E-state index in [9.17, 15) is 14.7 Å². The van der Waals surface area contributed by atoms with Gasteiger partial charge in [-0.05, 0) is 25.1 Å². The Hall–Kier alpha value is -3.46. The van der Waals surface area contributed by atoms with Crippen molar-refractivity contribution in [1.29, 1.82) is 0 Å². The van der Waals surface area contributed by atoms with Gasteiger partial charge in [-0.2, -0.15) is 0 Å². The molecular weight excluding hydrogens is 322 g/mol. The molecule has 0 unspecified atom stereocenters. The van der Waals surface area contributed by atoms with Gasteiger partial charge < -0.3 is 18.8 Å². The topological polar surface area (TPSA) is 81.7 Å². The molecule has 0 aliphatic carbocycles. The van der Waals surface area contributed by atoms with E-state index in [1.165, 1.54) is 12.3 Å². The minimum Gasteiger partial charge on any atom is -0.503 e. The fourth-order valence-corrected chi connectivity index (χ4v) is 2.48. The maximum Gasteiger partial charge on any atom is 0.341 e. The molecule has 1 aromatic carbocycles. The van der Waals surface area contributed by atoms with Crippen LogP contribution in [0.1, 0.15) is 11.3 Å². The van der Waals surface area contributed by atoms with Gasteiger partial charge in [0.1, 0.15) is 17.9 Å². The summed E-state index contributed by atoms with van der Waals surface area (Å²) < 4.78 is 12.3. The summed E-state index contributed by atoms with van der Waals surface area (Å²) in [6.45, 7) is 1.91. The first-order chi connectivity index (χ1) is 12.0. The van der Waals surface area contributed by atoms with Gasteiger partial charge in [0.2, 0.25) is 5.43 Å². The van der Waals surface area contributed by atoms with E-state index in [0.29, 0.717) is 22.6 Å². The zero-order chi connectivity index (χ0) is 18.0. The van der Waals surface area contributed by atoms with E-state index in [0.717, 1.165) is 5.39 Å². The molecular formula is C19H15NO5. The number of nitrogens with zero attached hydrogens (tertiary/aromatic N) is 1. The van der Waals surface area contributed by atoms with Gasteiger partial charge in [-0.15, -0.1) is 6.42 Å². The van der Waals surface area contributed by atoms with Crippen molar-refractivity contribution >= 4 is 11.0 Å². The fraction of sp³-hybridized carbons (Fsp3) is 0.158. The third-order valence-corrected chi connectivity index (χ3v) is 3.86. The minimum atomic E-state index is -0.501. The third kappa shape index (κ3) is 3.26. The van der Waals surface area contributed by atoms with E-state index >= 15 is 0 Å². The lowest BCUT2D eigenvalue weighted by atomic mass is 10.1. The average Bonchev–Trinajstić information content (AvgIpc) is 2.60. The predicted molar refractivity (Wildman–Crippen MR) is 93.0 cm³/mol. The van der Waals surface area contributed by atoms with Crippen molar-refractivity contribution in [3.8, 4) is 23.8 Å². The van der Waals surface area contributed by atoms with Gasteiger partial charge in [-0.1, -0.05) is 5.92 Å². The molecule has 2 heterocycles. The maximum atomic E-state index is 12.2. The van der Waals surface area contributed by atoms with Gasteiger partial charge in [-0.3, -0.25) is 4.79 Å². The number of pyridine rings is 1. The molecule has 0 aliphatic rings. The maximum absolute atomic E-state index is 12.2. The Balaban J connectivity index is 1.99.